The van der Waals surface area contributed by atoms with Gasteiger partial charge in [-0.05, 0) is 167 Å². The second kappa shape index (κ2) is 80.9. The van der Waals surface area contributed by atoms with Crippen molar-refractivity contribution in [1.29, 1.82) is 0 Å². The van der Waals surface area contributed by atoms with E-state index in [0.717, 1.165) is 199 Å². The van der Waals surface area contributed by atoms with Crippen LogP contribution < -0.4 is 0 Å². The second-order valence-electron chi connectivity index (χ2n) is 26.9. The summed E-state index contributed by atoms with van der Waals surface area (Å²) >= 11 is 0. The van der Waals surface area contributed by atoms with Crippen LogP contribution in [0.5, 0.6) is 0 Å². The molecule has 0 rings (SSSR count). The SMILES string of the molecule is CC/C=C\C/C=C\C/C=C\C/C=C\C/C=C\CCCCCC(=O)OCC(COP(=O)(O)OCC(O)COP(=O)(O)OCC(COC(=O)CCCCCCCC/C=C\C/C=C\C/C=C\CCCCC)OC(=O)CCCCCCCCC/C=C\C/C=C\C/C=C\CC)OC(=O)C/C=C\C/C=C\C/C=C\C/C=C\C/C=C\CC. The number of esters is 4. The standard InChI is InChI=1S/C91H146O17P2/c1-5-9-13-17-21-25-29-33-37-40-42-45-48-51-55-59-63-67-71-75-88(93)101-81-86(107-90(95)77-73-69-65-61-57-53-47-36-32-28-24-20-16-12-8-4)83-105-109(97,98)103-79-85(92)80-104-110(99,100)106-84-87(108-91(96)78-74-70-66-62-58-54-50-44-39-35-31-27-23-19-15-11-7-3)82-102-89(94)76-72-68-64-60-56-52-49-46-43-41-38-34-30-26-22-18-14-10-6-2/h9,11-13,15-16,21-28,33-39,42-43,45-47,51,55,57,61,69,73,85-87,92H,5-8,10,14,17-20,29-32,40-41,44,48-50,52-54,56,58-60,62-68,70-72,74-84H2,1-4H3,(H,97,98)(H,99,100)/b13-9-,15-11-,16-12-,25-21-,26-22-,27-23-,28-24-,37-33-,38-34-,39-35-,45-42-,46-43-,47-36-,55-51-,61-57-,73-69-. The number of unbranched alkanes of at least 4 members (excludes halogenated alkanes) is 19. The predicted octanol–water partition coefficient (Wildman–Crippen LogP) is 24.9. The molecule has 110 heavy (non-hydrogen) atoms. The number of ether oxygens (including phenoxy) is 4. The van der Waals surface area contributed by atoms with Gasteiger partial charge in [-0.15, -0.1) is 0 Å². The van der Waals surface area contributed by atoms with Crippen LogP contribution in [-0.2, 0) is 65.4 Å². The highest BCUT2D eigenvalue weighted by molar-refractivity contribution is 7.47. The molecule has 0 amide bonds. The number of carbonyl (C=O) groups excluding carboxylic acids is 4. The van der Waals surface area contributed by atoms with E-state index in [4.69, 9.17) is 37.0 Å². The maximum Gasteiger partial charge on any atom is 0.472 e. The van der Waals surface area contributed by atoms with Crippen molar-refractivity contribution >= 4 is 39.5 Å². The predicted molar refractivity (Wildman–Crippen MR) is 454 cm³/mol. The van der Waals surface area contributed by atoms with Crippen molar-refractivity contribution in [2.24, 2.45) is 0 Å². The Morgan fingerprint density at radius 1 is 0.273 bits per heavy atom. The first kappa shape index (κ1) is 104. The summed E-state index contributed by atoms with van der Waals surface area (Å²) in [4.78, 5) is 73.1. The van der Waals surface area contributed by atoms with Crippen molar-refractivity contribution in [3.63, 3.8) is 0 Å². The van der Waals surface area contributed by atoms with Crippen LogP contribution in [-0.4, -0.2) is 96.7 Å². The summed E-state index contributed by atoms with van der Waals surface area (Å²) < 4.78 is 68.6. The van der Waals surface area contributed by atoms with E-state index < -0.39 is 97.5 Å². The van der Waals surface area contributed by atoms with Crippen LogP contribution in [0.2, 0.25) is 0 Å². The van der Waals surface area contributed by atoms with E-state index in [0.29, 0.717) is 25.7 Å². The van der Waals surface area contributed by atoms with E-state index in [1.54, 1.807) is 12.2 Å². The minimum atomic E-state index is -5.02. The molecule has 622 valence electrons. The first-order valence-corrected chi connectivity index (χ1v) is 44.7. The fraction of sp³-hybridized carbons (Fsp3) is 0.604. The van der Waals surface area contributed by atoms with Gasteiger partial charge in [-0.1, -0.05) is 299 Å². The average molecular weight is 1570 g/mol. The minimum absolute atomic E-state index is 0.0703. The van der Waals surface area contributed by atoms with Gasteiger partial charge >= 0.3 is 39.5 Å². The lowest BCUT2D eigenvalue weighted by molar-refractivity contribution is -0.161. The Balaban J connectivity index is 5.50. The highest BCUT2D eigenvalue weighted by Gasteiger charge is 2.30. The number of carbonyl (C=O) groups is 4. The smallest absolute Gasteiger partial charge is 0.462 e. The van der Waals surface area contributed by atoms with Gasteiger partial charge in [0.25, 0.3) is 0 Å². The second-order valence-corrected chi connectivity index (χ2v) is 29.8. The largest absolute Gasteiger partial charge is 0.472 e. The number of allylic oxidation sites excluding steroid dienone is 31. The van der Waals surface area contributed by atoms with Gasteiger partial charge in [0.05, 0.1) is 32.8 Å². The normalized spacial score (nSPS) is 14.8. The lowest BCUT2D eigenvalue weighted by Gasteiger charge is -2.21. The summed E-state index contributed by atoms with van der Waals surface area (Å²) in [5, 5.41) is 10.7. The van der Waals surface area contributed by atoms with Crippen LogP contribution in [0, 0.1) is 0 Å². The summed E-state index contributed by atoms with van der Waals surface area (Å²) in [6, 6.07) is 0. The number of phosphoric ester groups is 2. The molecule has 0 aromatic rings. The van der Waals surface area contributed by atoms with Gasteiger partial charge in [-0.2, -0.15) is 0 Å². The quantitative estimate of drug-likeness (QED) is 0.0169. The molecule has 0 spiro atoms. The fourth-order valence-corrected chi connectivity index (χ4v) is 11.9. The molecular weight excluding hydrogens is 1430 g/mol. The molecule has 0 aliphatic carbocycles. The van der Waals surface area contributed by atoms with Crippen LogP contribution in [0.1, 0.15) is 297 Å². The fourth-order valence-electron chi connectivity index (χ4n) is 10.3. The number of aliphatic hydroxyl groups excluding tert-OH is 1. The Labute approximate surface area is 666 Å². The van der Waals surface area contributed by atoms with Gasteiger partial charge in [0.15, 0.2) is 12.2 Å². The van der Waals surface area contributed by atoms with Crippen LogP contribution in [0.15, 0.2) is 194 Å². The summed E-state index contributed by atoms with van der Waals surface area (Å²) in [5.74, 6) is -2.40. The highest BCUT2D eigenvalue weighted by Crippen LogP contribution is 2.45. The molecule has 0 radical (unpaired) electrons. The first-order valence-electron chi connectivity index (χ1n) is 41.7. The van der Waals surface area contributed by atoms with E-state index in [2.05, 4.69) is 198 Å². The third kappa shape index (κ3) is 80.0. The third-order valence-corrected chi connectivity index (χ3v) is 18.5. The van der Waals surface area contributed by atoms with Crippen molar-refractivity contribution in [3.05, 3.63) is 194 Å². The van der Waals surface area contributed by atoms with Crippen LogP contribution in [0.25, 0.3) is 0 Å². The minimum Gasteiger partial charge on any atom is -0.462 e. The zero-order valence-electron chi connectivity index (χ0n) is 68.1. The Bertz CT molecular complexity index is 2850. The molecule has 19 heteroatoms. The number of hydrogen-bond donors (Lipinski definition) is 3. The summed E-state index contributed by atoms with van der Waals surface area (Å²) in [6.07, 6.45) is 100.0. The number of hydrogen-bond acceptors (Lipinski definition) is 15. The topological polar surface area (TPSA) is 237 Å². The molecule has 0 aromatic heterocycles. The van der Waals surface area contributed by atoms with Gasteiger partial charge < -0.3 is 33.8 Å². The van der Waals surface area contributed by atoms with Crippen molar-refractivity contribution in [1.82, 2.24) is 0 Å². The Morgan fingerprint density at radius 3 is 0.818 bits per heavy atom. The van der Waals surface area contributed by atoms with E-state index in [9.17, 15) is 43.2 Å². The lowest BCUT2D eigenvalue weighted by Crippen LogP contribution is -2.30. The molecule has 0 aliphatic heterocycles. The Hall–Kier alpha value is -6.10. The number of phosphoric acid groups is 2. The van der Waals surface area contributed by atoms with Crippen molar-refractivity contribution in [3.8, 4) is 0 Å². The van der Waals surface area contributed by atoms with Gasteiger partial charge in [0.1, 0.15) is 19.3 Å². The number of aliphatic hydroxyl groups is 1. The molecule has 0 saturated carbocycles. The average Bonchev–Trinajstić information content (AvgIpc) is 0.899. The van der Waals surface area contributed by atoms with Crippen LogP contribution in [0.3, 0.4) is 0 Å². The van der Waals surface area contributed by atoms with E-state index in [-0.39, 0.29) is 25.7 Å². The van der Waals surface area contributed by atoms with Crippen molar-refractivity contribution in [2.75, 3.05) is 39.6 Å². The Morgan fingerprint density at radius 2 is 0.509 bits per heavy atom. The van der Waals surface area contributed by atoms with E-state index >= 15 is 0 Å². The van der Waals surface area contributed by atoms with Gasteiger partial charge in [-0.3, -0.25) is 37.3 Å². The molecule has 17 nitrogen and oxygen atoms in total. The molecule has 0 aliphatic rings. The molecule has 0 heterocycles. The summed E-state index contributed by atoms with van der Waals surface area (Å²) in [7, 11) is -10.0. The van der Waals surface area contributed by atoms with Crippen molar-refractivity contribution < 1.29 is 80.2 Å². The summed E-state index contributed by atoms with van der Waals surface area (Å²) in [6.45, 7) is 4.32. The van der Waals surface area contributed by atoms with Gasteiger partial charge in [0.2, 0.25) is 0 Å². The van der Waals surface area contributed by atoms with Crippen LogP contribution in [0.4, 0.5) is 0 Å². The van der Waals surface area contributed by atoms with E-state index in [1.165, 1.54) is 19.3 Å². The monoisotopic (exact) mass is 1570 g/mol. The first-order chi connectivity index (χ1) is 53.7. The molecule has 0 aromatic carbocycles. The molecule has 5 atom stereocenters. The highest BCUT2D eigenvalue weighted by atomic mass is 31.2. The molecule has 3 N–H and O–H groups in total. The lowest BCUT2D eigenvalue weighted by atomic mass is 10.1. The molecule has 0 saturated heterocycles. The summed E-state index contributed by atoms with van der Waals surface area (Å²) in [5.41, 5.74) is 0. The van der Waals surface area contributed by atoms with Crippen molar-refractivity contribution in [2.45, 2.75) is 316 Å². The van der Waals surface area contributed by atoms with Crippen LogP contribution >= 0.6 is 15.6 Å². The zero-order valence-corrected chi connectivity index (χ0v) is 69.9. The van der Waals surface area contributed by atoms with Gasteiger partial charge in [-0.25, -0.2) is 9.13 Å². The molecular formula is C91H146O17P2. The molecule has 0 fully saturated rings. The van der Waals surface area contributed by atoms with E-state index in [1.807, 2.05) is 12.2 Å². The zero-order chi connectivity index (χ0) is 80.3. The molecule has 0 bridgehead atoms. The maximum absolute atomic E-state index is 13.1. The molecule has 5 unspecified atom stereocenters. The third-order valence-electron chi connectivity index (χ3n) is 16.6. The Kier molecular flexibility index (Phi) is 76.4. The number of rotatable bonds is 76. The van der Waals surface area contributed by atoms with Gasteiger partial charge in [0, 0.05) is 19.3 Å². The maximum atomic E-state index is 13.1.